The molecule has 0 bridgehead atoms. The number of anilines is 3. The van der Waals surface area contributed by atoms with Crippen LogP contribution in [-0.2, 0) is 10.8 Å². The lowest BCUT2D eigenvalue weighted by Crippen LogP contribution is -2.29. The maximum absolute atomic E-state index is 6.55. The van der Waals surface area contributed by atoms with E-state index in [0.29, 0.717) is 0 Å². The molecular formula is C64H43NO. The molecule has 0 N–H and O–H groups in total. The molecule has 1 spiro atoms. The first-order valence-electron chi connectivity index (χ1n) is 23.1. The van der Waals surface area contributed by atoms with E-state index in [1.165, 1.54) is 77.9 Å². The van der Waals surface area contributed by atoms with Crippen molar-refractivity contribution in [2.24, 2.45) is 0 Å². The van der Waals surface area contributed by atoms with Gasteiger partial charge in [0.1, 0.15) is 11.2 Å². The van der Waals surface area contributed by atoms with Gasteiger partial charge in [-0.1, -0.05) is 202 Å². The van der Waals surface area contributed by atoms with Crippen LogP contribution in [0.1, 0.15) is 47.2 Å². The van der Waals surface area contributed by atoms with Crippen molar-refractivity contribution in [1.82, 2.24) is 0 Å². The number of hydrogen-bond acceptors (Lipinski definition) is 2. The Morgan fingerprint density at radius 2 is 0.833 bits per heavy atom. The van der Waals surface area contributed by atoms with E-state index in [9.17, 15) is 0 Å². The molecule has 14 rings (SSSR count). The van der Waals surface area contributed by atoms with E-state index in [4.69, 9.17) is 4.42 Å². The Hall–Kier alpha value is -8.20. The minimum Gasteiger partial charge on any atom is -0.455 e. The zero-order chi connectivity index (χ0) is 43.7. The average Bonchev–Trinajstić information content (AvgIpc) is 3.96. The smallest absolute Gasteiger partial charge is 0.143 e. The predicted octanol–water partition coefficient (Wildman–Crippen LogP) is 17.0. The highest BCUT2D eigenvalue weighted by Gasteiger charge is 2.50. The zero-order valence-electron chi connectivity index (χ0n) is 36.7. The largest absolute Gasteiger partial charge is 0.455 e. The van der Waals surface area contributed by atoms with Crippen LogP contribution in [-0.4, -0.2) is 0 Å². The van der Waals surface area contributed by atoms with E-state index in [2.05, 4.69) is 237 Å². The summed E-state index contributed by atoms with van der Waals surface area (Å²) < 4.78 is 6.55. The highest BCUT2D eigenvalue weighted by Crippen LogP contribution is 2.64. The molecule has 0 amide bonds. The molecular weight excluding hydrogens is 799 g/mol. The van der Waals surface area contributed by atoms with E-state index in [-0.39, 0.29) is 5.41 Å². The van der Waals surface area contributed by atoms with Crippen molar-refractivity contribution < 1.29 is 4.42 Å². The van der Waals surface area contributed by atoms with Gasteiger partial charge < -0.3 is 9.32 Å². The molecule has 0 saturated heterocycles. The second kappa shape index (κ2) is 13.7. The monoisotopic (exact) mass is 841 g/mol. The highest BCUT2D eigenvalue weighted by molar-refractivity contribution is 6.10. The van der Waals surface area contributed by atoms with E-state index >= 15 is 0 Å². The van der Waals surface area contributed by atoms with Crippen LogP contribution in [0.3, 0.4) is 0 Å². The SMILES string of the molecule is CC1(C)c2ccccc2-c2ccc(N(c3ccc(-c4cccc5c4oc4ccccc45)cc3)c3cccc4c3-c3ccccc3C43c4ccccc4-c4ccccc4-c4ccccc43)cc21. The first-order valence-corrected chi connectivity index (χ1v) is 23.1. The van der Waals surface area contributed by atoms with E-state index in [1.807, 2.05) is 6.07 Å². The lowest BCUT2D eigenvalue weighted by molar-refractivity contribution is 0.660. The number of benzene rings is 10. The van der Waals surface area contributed by atoms with Crippen molar-refractivity contribution in [3.63, 3.8) is 0 Å². The molecule has 0 unspecified atom stereocenters. The van der Waals surface area contributed by atoms with Crippen LogP contribution in [0.2, 0.25) is 0 Å². The maximum atomic E-state index is 6.55. The fraction of sp³-hybridized carbons (Fsp3) is 0.0625. The van der Waals surface area contributed by atoms with Gasteiger partial charge in [-0.2, -0.15) is 0 Å². The second-order valence-electron chi connectivity index (χ2n) is 18.7. The third-order valence-corrected chi connectivity index (χ3v) is 15.1. The van der Waals surface area contributed by atoms with Crippen LogP contribution in [0.4, 0.5) is 17.1 Å². The van der Waals surface area contributed by atoms with Gasteiger partial charge in [0.05, 0.1) is 11.1 Å². The van der Waals surface area contributed by atoms with Gasteiger partial charge in [0.2, 0.25) is 0 Å². The lowest BCUT2D eigenvalue weighted by atomic mass is 9.66. The lowest BCUT2D eigenvalue weighted by Gasteiger charge is -2.36. The Morgan fingerprint density at radius 3 is 1.53 bits per heavy atom. The summed E-state index contributed by atoms with van der Waals surface area (Å²) in [5.74, 6) is 0. The molecule has 66 heavy (non-hydrogen) atoms. The molecule has 10 aromatic carbocycles. The van der Waals surface area contributed by atoms with Gasteiger partial charge in [-0.3, -0.25) is 0 Å². The Kier molecular flexibility index (Phi) is 7.70. The van der Waals surface area contributed by atoms with E-state index in [1.54, 1.807) is 0 Å². The Balaban J connectivity index is 1.03. The minimum absolute atomic E-state index is 0.166. The van der Waals surface area contributed by atoms with Gasteiger partial charge in [0.15, 0.2) is 0 Å². The number of fused-ring (bicyclic) bond motifs is 18. The molecule has 0 saturated carbocycles. The number of furan rings is 1. The molecule has 0 atom stereocenters. The summed E-state index contributed by atoms with van der Waals surface area (Å²) in [6.45, 7) is 4.75. The predicted molar refractivity (Wildman–Crippen MR) is 273 cm³/mol. The van der Waals surface area contributed by atoms with E-state index in [0.717, 1.165) is 50.1 Å². The van der Waals surface area contributed by atoms with Crippen LogP contribution < -0.4 is 4.90 Å². The molecule has 2 heteroatoms. The molecule has 310 valence electrons. The summed E-state index contributed by atoms with van der Waals surface area (Å²) in [7, 11) is 0. The van der Waals surface area contributed by atoms with E-state index < -0.39 is 5.41 Å². The van der Waals surface area contributed by atoms with Crippen molar-refractivity contribution in [1.29, 1.82) is 0 Å². The van der Waals surface area contributed by atoms with Crippen LogP contribution in [0, 0.1) is 0 Å². The number of rotatable bonds is 4. The Bertz CT molecular complexity index is 3740. The summed E-state index contributed by atoms with van der Waals surface area (Å²) >= 11 is 0. The molecule has 11 aromatic rings. The maximum Gasteiger partial charge on any atom is 0.143 e. The molecule has 2 nitrogen and oxygen atoms in total. The first kappa shape index (κ1) is 37.2. The molecule has 3 aliphatic rings. The molecule has 1 heterocycles. The van der Waals surface area contributed by atoms with Crippen molar-refractivity contribution >= 4 is 39.0 Å². The third kappa shape index (κ3) is 4.91. The van der Waals surface area contributed by atoms with Crippen molar-refractivity contribution in [2.45, 2.75) is 24.7 Å². The Morgan fingerprint density at radius 1 is 0.348 bits per heavy atom. The van der Waals surface area contributed by atoms with Crippen LogP contribution in [0.15, 0.2) is 229 Å². The minimum atomic E-state index is -0.587. The fourth-order valence-corrected chi connectivity index (χ4v) is 12.3. The van der Waals surface area contributed by atoms with Crippen molar-refractivity contribution in [3.05, 3.63) is 258 Å². The van der Waals surface area contributed by atoms with Gasteiger partial charge in [-0.15, -0.1) is 0 Å². The second-order valence-corrected chi connectivity index (χ2v) is 18.7. The van der Waals surface area contributed by atoms with Gasteiger partial charge in [-0.25, -0.2) is 0 Å². The number of hydrogen-bond donors (Lipinski definition) is 0. The zero-order valence-corrected chi connectivity index (χ0v) is 36.7. The quantitative estimate of drug-likeness (QED) is 0.176. The van der Waals surface area contributed by atoms with Gasteiger partial charge in [-0.05, 0) is 114 Å². The van der Waals surface area contributed by atoms with Crippen LogP contribution in [0.5, 0.6) is 0 Å². The van der Waals surface area contributed by atoms with Gasteiger partial charge in [0, 0.05) is 38.7 Å². The normalized spacial score (nSPS) is 14.2. The Labute approximate surface area is 384 Å². The molecule has 0 radical (unpaired) electrons. The standard InChI is InChI=1S/C64H43NO/c1-63(2)53-26-10-5-21-48(53)49-38-37-42(39-58(49)63)65(41-35-33-40(34-36-41)43-24-15-25-51-50-22-9-14-32-60(50)66-62(43)51)59-31-16-30-57-61(59)52-23-8-13-29-56(52)64(57)54-27-11-6-19-46(54)44-17-3-4-18-45(44)47-20-7-12-28-55(47)64/h3-39H,1-2H3. The van der Waals surface area contributed by atoms with Crippen LogP contribution in [0.25, 0.3) is 77.6 Å². The number of nitrogens with zero attached hydrogens (tertiary/aromatic N) is 1. The molecule has 0 fully saturated rings. The summed E-state index contributed by atoms with van der Waals surface area (Å²) in [6.07, 6.45) is 0. The van der Waals surface area contributed by atoms with Gasteiger partial charge in [0.25, 0.3) is 0 Å². The first-order chi connectivity index (χ1) is 32.5. The topological polar surface area (TPSA) is 16.4 Å². The molecule has 3 aliphatic carbocycles. The summed E-state index contributed by atoms with van der Waals surface area (Å²) in [6, 6.07) is 83.5. The van der Waals surface area contributed by atoms with Gasteiger partial charge >= 0.3 is 0 Å². The highest BCUT2D eigenvalue weighted by atomic mass is 16.3. The summed E-state index contributed by atoms with van der Waals surface area (Å²) in [5, 5.41) is 2.27. The molecule has 0 aliphatic heterocycles. The summed E-state index contributed by atoms with van der Waals surface area (Å²) in [5.41, 5.74) is 24.8. The molecule has 1 aromatic heterocycles. The van der Waals surface area contributed by atoms with Crippen molar-refractivity contribution in [2.75, 3.05) is 4.90 Å². The fourth-order valence-electron chi connectivity index (χ4n) is 12.3. The third-order valence-electron chi connectivity index (χ3n) is 15.1. The number of para-hydroxylation sites is 2. The summed E-state index contributed by atoms with van der Waals surface area (Å²) in [4.78, 5) is 2.52. The van der Waals surface area contributed by atoms with Crippen molar-refractivity contribution in [3.8, 4) is 55.6 Å². The van der Waals surface area contributed by atoms with Crippen LogP contribution >= 0.6 is 0 Å². The average molecular weight is 842 g/mol.